The summed E-state index contributed by atoms with van der Waals surface area (Å²) in [7, 11) is 0.277. The molecule has 1 aliphatic carbocycles. The molecule has 9 nitrogen and oxygen atoms in total. The molecule has 1 heterocycles. The Morgan fingerprint density at radius 2 is 1.82 bits per heavy atom. The summed E-state index contributed by atoms with van der Waals surface area (Å²) in [5, 5.41) is 43.9. The lowest BCUT2D eigenvalue weighted by Crippen LogP contribution is -2.66. The van der Waals surface area contributed by atoms with Crippen LogP contribution in [0, 0.1) is 5.92 Å². The van der Waals surface area contributed by atoms with E-state index in [2.05, 4.69) is 5.32 Å². The van der Waals surface area contributed by atoms with Crippen LogP contribution in [0.3, 0.4) is 0 Å². The van der Waals surface area contributed by atoms with Gasteiger partial charge in [0.2, 0.25) is 5.91 Å². The first-order valence-corrected chi connectivity index (χ1v) is 11.1. The van der Waals surface area contributed by atoms with E-state index in [0.29, 0.717) is 0 Å². The summed E-state index contributed by atoms with van der Waals surface area (Å²) in [6.07, 6.45) is -6.78. The molecule has 0 spiro atoms. The molecular weight excluding hydrogens is 389 g/mol. The fourth-order valence-electron chi connectivity index (χ4n) is 4.22. The van der Waals surface area contributed by atoms with Gasteiger partial charge in [0, 0.05) is 18.5 Å². The first-order valence-electron chi connectivity index (χ1n) is 9.53. The molecular formula is C18H32NO8P. The summed E-state index contributed by atoms with van der Waals surface area (Å²) in [5.74, 6) is -0.901. The number of carbonyl (C=O) groups is 2. The van der Waals surface area contributed by atoms with Crippen molar-refractivity contribution >= 4 is 20.3 Å². The maximum absolute atomic E-state index is 12.1. The quantitative estimate of drug-likeness (QED) is 0.322. The number of nitrogens with one attached hydrogen (secondary N) is 1. The Hall–Kier alpha value is -0.670. The SMILES string of the molecule is CP[C@H]1C(O)C(O)[C@H](O[C@@H]2C(NC(C)=O)[C@H](C)OC(CO)[C@H]2O)C[C@H]1C(C)=O. The second-order valence-corrected chi connectivity index (χ2v) is 8.91. The van der Waals surface area contributed by atoms with Crippen LogP contribution in [-0.4, -0.2) is 99.8 Å². The lowest BCUT2D eigenvalue weighted by Gasteiger charge is -2.47. The number of hydrogen-bond donors (Lipinski definition) is 5. The van der Waals surface area contributed by atoms with E-state index in [1.165, 1.54) is 13.8 Å². The Balaban J connectivity index is 2.26. The molecule has 0 aromatic rings. The third-order valence-electron chi connectivity index (χ3n) is 5.72. The van der Waals surface area contributed by atoms with Crippen molar-refractivity contribution in [1.29, 1.82) is 0 Å². The third-order valence-corrected chi connectivity index (χ3v) is 7.13. The normalized spacial score (nSPS) is 44.6. The van der Waals surface area contributed by atoms with E-state index in [-0.39, 0.29) is 32.4 Å². The van der Waals surface area contributed by atoms with Gasteiger partial charge < -0.3 is 35.2 Å². The number of ketones is 1. The Kier molecular flexibility index (Phi) is 8.34. The Bertz CT molecular complexity index is 564. The lowest BCUT2D eigenvalue weighted by atomic mass is 9.80. The van der Waals surface area contributed by atoms with Crippen LogP contribution in [0.5, 0.6) is 0 Å². The molecule has 0 aromatic heterocycles. The molecule has 0 bridgehead atoms. The van der Waals surface area contributed by atoms with E-state index in [1.54, 1.807) is 6.92 Å². The number of amides is 1. The van der Waals surface area contributed by atoms with Crippen LogP contribution >= 0.6 is 8.58 Å². The highest BCUT2D eigenvalue weighted by Gasteiger charge is 2.50. The third kappa shape index (κ3) is 4.90. The zero-order chi connectivity index (χ0) is 21.2. The van der Waals surface area contributed by atoms with Crippen molar-refractivity contribution < 1.29 is 39.5 Å². The summed E-state index contributed by atoms with van der Waals surface area (Å²) in [5.41, 5.74) is -0.345. The van der Waals surface area contributed by atoms with Crippen molar-refractivity contribution in [3.05, 3.63) is 0 Å². The summed E-state index contributed by atoms with van der Waals surface area (Å²) in [4.78, 5) is 23.7. The summed E-state index contributed by atoms with van der Waals surface area (Å²) in [6.45, 7) is 5.90. The van der Waals surface area contributed by atoms with E-state index in [1.807, 2.05) is 6.66 Å². The molecule has 10 heteroatoms. The van der Waals surface area contributed by atoms with Crippen LogP contribution < -0.4 is 5.32 Å². The molecule has 162 valence electrons. The minimum absolute atomic E-state index is 0.0913. The Morgan fingerprint density at radius 1 is 1.18 bits per heavy atom. The van der Waals surface area contributed by atoms with Gasteiger partial charge in [0.1, 0.15) is 30.2 Å². The molecule has 28 heavy (non-hydrogen) atoms. The van der Waals surface area contributed by atoms with E-state index < -0.39 is 61.3 Å². The number of aliphatic hydroxyl groups is 4. The number of carbonyl (C=O) groups excluding carboxylic acids is 2. The first kappa shape index (κ1) is 23.6. The largest absolute Gasteiger partial charge is 0.394 e. The highest BCUT2D eigenvalue weighted by Crippen LogP contribution is 2.39. The van der Waals surface area contributed by atoms with E-state index in [9.17, 15) is 30.0 Å². The van der Waals surface area contributed by atoms with Gasteiger partial charge in [0.15, 0.2) is 0 Å². The van der Waals surface area contributed by atoms with Gasteiger partial charge in [-0.3, -0.25) is 9.59 Å². The van der Waals surface area contributed by atoms with Gasteiger partial charge >= 0.3 is 0 Å². The number of aliphatic hydroxyl groups excluding tert-OH is 4. The lowest BCUT2D eigenvalue weighted by molar-refractivity contribution is -0.235. The molecule has 1 aliphatic heterocycles. The molecule has 1 amide bonds. The molecule has 2 aliphatic rings. The predicted octanol–water partition coefficient (Wildman–Crippen LogP) is -1.61. The second-order valence-electron chi connectivity index (χ2n) is 7.67. The fraction of sp³-hybridized carbons (Fsp3) is 0.889. The second kappa shape index (κ2) is 9.89. The number of hydrogen-bond acceptors (Lipinski definition) is 8. The predicted molar refractivity (Wildman–Crippen MR) is 103 cm³/mol. The molecule has 11 atom stereocenters. The maximum Gasteiger partial charge on any atom is 0.217 e. The average molecular weight is 421 g/mol. The minimum atomic E-state index is -1.26. The van der Waals surface area contributed by atoms with Crippen molar-refractivity contribution in [1.82, 2.24) is 5.32 Å². The Labute approximate surface area is 166 Å². The summed E-state index contributed by atoms with van der Waals surface area (Å²) in [6, 6.07) is -0.721. The zero-order valence-corrected chi connectivity index (χ0v) is 17.6. The van der Waals surface area contributed by atoms with Crippen molar-refractivity contribution in [2.75, 3.05) is 13.3 Å². The van der Waals surface area contributed by atoms with E-state index in [4.69, 9.17) is 9.47 Å². The molecule has 0 radical (unpaired) electrons. The first-order chi connectivity index (χ1) is 13.1. The van der Waals surface area contributed by atoms with Gasteiger partial charge in [-0.1, -0.05) is 0 Å². The summed E-state index contributed by atoms with van der Waals surface area (Å²) < 4.78 is 11.6. The Morgan fingerprint density at radius 3 is 2.32 bits per heavy atom. The number of ether oxygens (including phenoxy) is 2. The topological polar surface area (TPSA) is 146 Å². The summed E-state index contributed by atoms with van der Waals surface area (Å²) >= 11 is 0. The van der Waals surface area contributed by atoms with Gasteiger partial charge in [-0.15, -0.1) is 8.58 Å². The zero-order valence-electron chi connectivity index (χ0n) is 16.6. The molecule has 1 saturated heterocycles. The van der Waals surface area contributed by atoms with Crippen LogP contribution in [-0.2, 0) is 19.1 Å². The highest BCUT2D eigenvalue weighted by atomic mass is 31.1. The smallest absolute Gasteiger partial charge is 0.217 e. The van der Waals surface area contributed by atoms with Crippen LogP contribution in [0.25, 0.3) is 0 Å². The van der Waals surface area contributed by atoms with Crippen LogP contribution in [0.1, 0.15) is 27.2 Å². The van der Waals surface area contributed by atoms with Gasteiger partial charge in [0.25, 0.3) is 0 Å². The van der Waals surface area contributed by atoms with Crippen LogP contribution in [0.15, 0.2) is 0 Å². The van der Waals surface area contributed by atoms with Gasteiger partial charge in [0.05, 0.1) is 31.0 Å². The maximum atomic E-state index is 12.1. The van der Waals surface area contributed by atoms with Gasteiger partial charge in [-0.05, 0) is 26.9 Å². The molecule has 2 fully saturated rings. The fourth-order valence-corrected chi connectivity index (χ4v) is 5.53. The number of Topliss-reactive ketones (excluding diaryl/α,β-unsaturated/α-hetero) is 1. The molecule has 1 saturated carbocycles. The van der Waals surface area contributed by atoms with Crippen molar-refractivity contribution in [2.24, 2.45) is 5.92 Å². The van der Waals surface area contributed by atoms with Crippen molar-refractivity contribution in [2.45, 2.75) is 81.6 Å². The van der Waals surface area contributed by atoms with E-state index in [0.717, 1.165) is 0 Å². The molecule has 5 unspecified atom stereocenters. The monoisotopic (exact) mass is 421 g/mol. The van der Waals surface area contributed by atoms with Gasteiger partial charge in [-0.2, -0.15) is 0 Å². The molecule has 2 rings (SSSR count). The van der Waals surface area contributed by atoms with E-state index >= 15 is 0 Å². The van der Waals surface area contributed by atoms with Crippen molar-refractivity contribution in [3.63, 3.8) is 0 Å². The average Bonchev–Trinajstić information content (AvgIpc) is 2.63. The molecule has 5 N–H and O–H groups in total. The van der Waals surface area contributed by atoms with Gasteiger partial charge in [-0.25, -0.2) is 0 Å². The molecule has 0 aromatic carbocycles. The standard InChI is InChI=1S/C18H32NO8P/c1-7(21)10-5-11(14(23)16(25)18(10)28-4)27-17-13(19-9(3)22)8(2)26-12(6-20)15(17)24/h8,10-18,20,23-25,28H,5-6H2,1-4H3,(H,19,22)/t8-,10-,11+,12?,13?,14?,15+,16?,17+,18+/m0/s1. The van der Waals surface area contributed by atoms with Crippen LogP contribution in [0.2, 0.25) is 0 Å². The number of rotatable bonds is 6. The van der Waals surface area contributed by atoms with Crippen LogP contribution in [0.4, 0.5) is 0 Å². The minimum Gasteiger partial charge on any atom is -0.394 e. The van der Waals surface area contributed by atoms with Crippen molar-refractivity contribution in [3.8, 4) is 0 Å². The highest BCUT2D eigenvalue weighted by molar-refractivity contribution is 7.38.